The average Bonchev–Trinajstić information content (AvgIpc) is 2.59. The van der Waals surface area contributed by atoms with E-state index >= 15 is 0 Å². The number of rotatable bonds is 4. The molecule has 1 aromatic rings. The van der Waals surface area contributed by atoms with Crippen molar-refractivity contribution in [2.75, 3.05) is 39.3 Å². The lowest BCUT2D eigenvalue weighted by atomic mass is 10.2. The van der Waals surface area contributed by atoms with E-state index < -0.39 is 0 Å². The molecule has 0 bridgehead atoms. The number of hydrogen-bond donors (Lipinski definition) is 1. The number of β-amino-alcohol motifs (C(OH)–C–C–N with tert-alkyl or cyclic N) is 1. The van der Waals surface area contributed by atoms with Gasteiger partial charge in [-0.25, -0.2) is 4.39 Å². The second-order valence-electron chi connectivity index (χ2n) is 4.79. The fourth-order valence-electron chi connectivity index (χ4n) is 2.42. The van der Waals surface area contributed by atoms with Crippen LogP contribution in [0.5, 0.6) is 0 Å². The molecule has 0 aromatic heterocycles. The minimum absolute atomic E-state index is 0.117. The highest BCUT2D eigenvalue weighted by Gasteiger charge is 2.15. The minimum atomic E-state index is -0.117. The Bertz CT molecular complexity index is 373. The fraction of sp³-hybridized carbons (Fsp3) is 0.571. The van der Waals surface area contributed by atoms with Gasteiger partial charge in [-0.3, -0.25) is 9.80 Å². The van der Waals surface area contributed by atoms with Crippen molar-refractivity contribution in [1.82, 2.24) is 9.80 Å². The average molecular weight is 252 g/mol. The quantitative estimate of drug-likeness (QED) is 0.875. The van der Waals surface area contributed by atoms with Gasteiger partial charge in [-0.1, -0.05) is 18.2 Å². The molecule has 18 heavy (non-hydrogen) atoms. The zero-order valence-electron chi connectivity index (χ0n) is 10.7. The molecular formula is C14H21FN2O. The van der Waals surface area contributed by atoms with Gasteiger partial charge in [0.25, 0.3) is 0 Å². The van der Waals surface area contributed by atoms with E-state index in [0.717, 1.165) is 44.7 Å². The monoisotopic (exact) mass is 252 g/mol. The highest BCUT2D eigenvalue weighted by Crippen LogP contribution is 2.12. The Hall–Kier alpha value is -0.970. The number of hydrogen-bond acceptors (Lipinski definition) is 3. The third-order valence-corrected chi connectivity index (χ3v) is 3.45. The molecule has 1 aliphatic heterocycles. The predicted molar refractivity (Wildman–Crippen MR) is 69.8 cm³/mol. The lowest BCUT2D eigenvalue weighted by Crippen LogP contribution is -2.32. The third kappa shape index (κ3) is 3.77. The van der Waals surface area contributed by atoms with Crippen molar-refractivity contribution in [3.63, 3.8) is 0 Å². The molecule has 0 amide bonds. The second-order valence-corrected chi connectivity index (χ2v) is 4.79. The molecule has 100 valence electrons. The summed E-state index contributed by atoms with van der Waals surface area (Å²) in [6, 6.07) is 6.98. The van der Waals surface area contributed by atoms with Crippen molar-refractivity contribution in [2.45, 2.75) is 13.0 Å². The van der Waals surface area contributed by atoms with Gasteiger partial charge in [-0.2, -0.15) is 0 Å². The first-order valence-electron chi connectivity index (χ1n) is 6.58. The highest BCUT2D eigenvalue weighted by atomic mass is 19.1. The summed E-state index contributed by atoms with van der Waals surface area (Å²) in [6.07, 6.45) is 1.08. The summed E-state index contributed by atoms with van der Waals surface area (Å²) in [6.45, 7) is 5.55. The molecule has 0 unspecified atom stereocenters. The molecule has 1 fully saturated rings. The summed E-state index contributed by atoms with van der Waals surface area (Å²) >= 11 is 0. The molecule has 0 atom stereocenters. The van der Waals surface area contributed by atoms with E-state index in [-0.39, 0.29) is 12.4 Å². The van der Waals surface area contributed by atoms with Gasteiger partial charge in [0.05, 0.1) is 6.61 Å². The topological polar surface area (TPSA) is 26.7 Å². The summed E-state index contributed by atoms with van der Waals surface area (Å²) in [5, 5.41) is 8.94. The van der Waals surface area contributed by atoms with E-state index in [1.807, 2.05) is 12.1 Å². The van der Waals surface area contributed by atoms with E-state index in [9.17, 15) is 4.39 Å². The van der Waals surface area contributed by atoms with Crippen LogP contribution in [0.4, 0.5) is 4.39 Å². The van der Waals surface area contributed by atoms with E-state index in [0.29, 0.717) is 6.54 Å². The standard InChI is InChI=1S/C14H21FN2O/c15-14-5-2-1-4-13(14)12-17-7-3-6-16(8-9-17)10-11-18/h1-2,4-5,18H,3,6-12H2. The molecule has 3 nitrogen and oxygen atoms in total. The molecule has 1 saturated heterocycles. The number of aliphatic hydroxyl groups excluding tert-OH is 1. The molecule has 0 spiro atoms. The van der Waals surface area contributed by atoms with Gasteiger partial charge in [0.15, 0.2) is 0 Å². The predicted octanol–water partition coefficient (Wildman–Crippen LogP) is 1.33. The van der Waals surface area contributed by atoms with Gasteiger partial charge in [0.2, 0.25) is 0 Å². The number of aliphatic hydroxyl groups is 1. The number of halogens is 1. The molecule has 2 rings (SSSR count). The molecule has 4 heteroatoms. The molecule has 0 radical (unpaired) electrons. The van der Waals surface area contributed by atoms with Crippen LogP contribution in [-0.4, -0.2) is 54.2 Å². The maximum atomic E-state index is 13.6. The Kier molecular flexibility index (Phi) is 5.11. The normalized spacial score (nSPS) is 18.8. The van der Waals surface area contributed by atoms with Gasteiger partial charge in [-0.15, -0.1) is 0 Å². The molecule has 1 heterocycles. The highest BCUT2D eigenvalue weighted by molar-refractivity contribution is 5.17. The Labute approximate surface area is 108 Å². The maximum Gasteiger partial charge on any atom is 0.127 e. The zero-order valence-corrected chi connectivity index (χ0v) is 10.7. The van der Waals surface area contributed by atoms with Crippen LogP contribution in [0.2, 0.25) is 0 Å². The van der Waals surface area contributed by atoms with Crippen molar-refractivity contribution >= 4 is 0 Å². The number of benzene rings is 1. The van der Waals surface area contributed by atoms with Gasteiger partial charge in [-0.05, 0) is 25.6 Å². The first-order valence-corrected chi connectivity index (χ1v) is 6.58. The van der Waals surface area contributed by atoms with Crippen molar-refractivity contribution < 1.29 is 9.50 Å². The summed E-state index contributed by atoms with van der Waals surface area (Å²) in [4.78, 5) is 4.55. The fourth-order valence-corrected chi connectivity index (χ4v) is 2.42. The van der Waals surface area contributed by atoms with Crippen LogP contribution in [0, 0.1) is 5.82 Å². The van der Waals surface area contributed by atoms with Crippen LogP contribution in [0.15, 0.2) is 24.3 Å². The summed E-state index contributed by atoms with van der Waals surface area (Å²) in [7, 11) is 0. The Balaban J connectivity index is 1.89. The molecule has 0 aliphatic carbocycles. The second kappa shape index (κ2) is 6.83. The van der Waals surface area contributed by atoms with Gasteiger partial charge >= 0.3 is 0 Å². The molecule has 1 aliphatic rings. The summed E-state index contributed by atoms with van der Waals surface area (Å²) in [5.41, 5.74) is 0.771. The lowest BCUT2D eigenvalue weighted by Gasteiger charge is -2.21. The van der Waals surface area contributed by atoms with Gasteiger partial charge in [0.1, 0.15) is 5.82 Å². The van der Waals surface area contributed by atoms with Crippen molar-refractivity contribution in [2.24, 2.45) is 0 Å². The maximum absolute atomic E-state index is 13.6. The largest absolute Gasteiger partial charge is 0.395 e. The van der Waals surface area contributed by atoms with Crippen LogP contribution in [0.3, 0.4) is 0 Å². The lowest BCUT2D eigenvalue weighted by molar-refractivity contribution is 0.195. The smallest absolute Gasteiger partial charge is 0.127 e. The SMILES string of the molecule is OCCN1CCCN(Cc2ccccc2F)CC1. The van der Waals surface area contributed by atoms with Crippen LogP contribution >= 0.6 is 0 Å². The van der Waals surface area contributed by atoms with E-state index in [4.69, 9.17) is 5.11 Å². The van der Waals surface area contributed by atoms with Crippen molar-refractivity contribution in [3.8, 4) is 0 Å². The Morgan fingerprint density at radius 1 is 1.06 bits per heavy atom. The van der Waals surface area contributed by atoms with Gasteiger partial charge in [0, 0.05) is 31.7 Å². The van der Waals surface area contributed by atoms with E-state index in [1.54, 1.807) is 6.07 Å². The minimum Gasteiger partial charge on any atom is -0.395 e. The Morgan fingerprint density at radius 3 is 2.56 bits per heavy atom. The van der Waals surface area contributed by atoms with Crippen LogP contribution in [-0.2, 0) is 6.54 Å². The Morgan fingerprint density at radius 2 is 1.78 bits per heavy atom. The summed E-state index contributed by atoms with van der Waals surface area (Å²) in [5.74, 6) is -0.117. The van der Waals surface area contributed by atoms with Crippen molar-refractivity contribution in [3.05, 3.63) is 35.6 Å². The number of nitrogens with zero attached hydrogens (tertiary/aromatic N) is 2. The molecule has 1 N–H and O–H groups in total. The van der Waals surface area contributed by atoms with Crippen LogP contribution in [0.1, 0.15) is 12.0 Å². The van der Waals surface area contributed by atoms with E-state index in [2.05, 4.69) is 9.80 Å². The molecule has 0 saturated carbocycles. The first kappa shape index (κ1) is 13.5. The first-order chi connectivity index (χ1) is 8.79. The summed E-state index contributed by atoms with van der Waals surface area (Å²) < 4.78 is 13.6. The molecular weight excluding hydrogens is 231 g/mol. The van der Waals surface area contributed by atoms with Crippen molar-refractivity contribution in [1.29, 1.82) is 0 Å². The third-order valence-electron chi connectivity index (χ3n) is 3.45. The van der Waals surface area contributed by atoms with Crippen LogP contribution < -0.4 is 0 Å². The van der Waals surface area contributed by atoms with E-state index in [1.165, 1.54) is 6.07 Å². The van der Waals surface area contributed by atoms with Crippen LogP contribution in [0.25, 0.3) is 0 Å². The van der Waals surface area contributed by atoms with Gasteiger partial charge < -0.3 is 5.11 Å². The molecule has 1 aromatic carbocycles. The zero-order chi connectivity index (χ0) is 12.8.